The first-order chi connectivity index (χ1) is 22.4. The summed E-state index contributed by atoms with van der Waals surface area (Å²) in [5.41, 5.74) is 0. The van der Waals surface area contributed by atoms with Gasteiger partial charge in [-0.2, -0.15) is 0 Å². The van der Waals surface area contributed by atoms with Crippen LogP contribution in [0.4, 0.5) is 0 Å². The Bertz CT molecular complexity index is 1230. The number of carbonyl (C=O) groups excluding carboxylic acids is 1. The van der Waals surface area contributed by atoms with E-state index in [0.717, 1.165) is 19.3 Å². The molecular formula is C40H64O6Si2. The first-order valence-corrected chi connectivity index (χ1v) is 22.7. The smallest absolute Gasteiger partial charge is 0.308 e. The lowest BCUT2D eigenvalue weighted by Gasteiger charge is -2.47. The van der Waals surface area contributed by atoms with Crippen LogP contribution in [0.5, 0.6) is 0 Å². The molecule has 3 rings (SSSR count). The van der Waals surface area contributed by atoms with Crippen LogP contribution in [0.2, 0.25) is 23.2 Å². The molecule has 268 valence electrons. The van der Waals surface area contributed by atoms with E-state index in [2.05, 4.69) is 122 Å². The third-order valence-corrected chi connectivity index (χ3v) is 20.2. The zero-order chi connectivity index (χ0) is 35.8. The summed E-state index contributed by atoms with van der Waals surface area (Å²) in [6, 6.07) is 21.5. The van der Waals surface area contributed by atoms with Gasteiger partial charge in [-0.15, -0.1) is 6.58 Å². The minimum atomic E-state index is -2.93. The molecule has 0 spiro atoms. The molecule has 0 radical (unpaired) electrons. The van der Waals surface area contributed by atoms with Gasteiger partial charge in [0.05, 0.1) is 37.9 Å². The zero-order valence-corrected chi connectivity index (χ0v) is 33.5. The summed E-state index contributed by atoms with van der Waals surface area (Å²) in [5, 5.41) is 13.6. The number of hydrogen-bond donors (Lipinski definition) is 1. The summed E-state index contributed by atoms with van der Waals surface area (Å²) in [7, 11) is -3.72. The maximum Gasteiger partial charge on any atom is 0.308 e. The minimum Gasteiger partial charge on any atom is -0.469 e. The van der Waals surface area contributed by atoms with Crippen molar-refractivity contribution in [1.82, 2.24) is 0 Å². The van der Waals surface area contributed by atoms with Gasteiger partial charge in [-0.1, -0.05) is 115 Å². The number of esters is 1. The molecule has 1 N–H and O–H groups in total. The van der Waals surface area contributed by atoms with Crippen molar-refractivity contribution in [3.8, 4) is 0 Å². The Morgan fingerprint density at radius 3 is 1.92 bits per heavy atom. The molecule has 0 bridgehead atoms. The van der Waals surface area contributed by atoms with Gasteiger partial charge in [0.15, 0.2) is 8.32 Å². The average molecular weight is 697 g/mol. The number of aliphatic hydroxyl groups excluding tert-OH is 1. The standard InChI is InChI=1S/C40H64O6Si2/c1-12-30(2)37(41)28-34(45-47(10,11)39(3,4)5)27-33(26-31-20-19-21-32(44-31)29-38(42)43-9)46-48(40(6,7)8,35-22-15-13-16-23-35)36-24-17-14-18-25-36/h12-18,22-25,30-34,37,41H,1,19-21,26-29H2,2-11H3/t30-,31-,32+,33+,34-,37+/m0/s1. The Kier molecular flexibility index (Phi) is 14.5. The molecular weight excluding hydrogens is 633 g/mol. The summed E-state index contributed by atoms with van der Waals surface area (Å²) >= 11 is 0. The van der Waals surface area contributed by atoms with Gasteiger partial charge in [0.25, 0.3) is 8.32 Å². The van der Waals surface area contributed by atoms with Crippen molar-refractivity contribution in [1.29, 1.82) is 0 Å². The van der Waals surface area contributed by atoms with Gasteiger partial charge in [-0.25, -0.2) is 0 Å². The van der Waals surface area contributed by atoms with Crippen LogP contribution in [0, 0.1) is 5.92 Å². The van der Waals surface area contributed by atoms with Gasteiger partial charge in [0.2, 0.25) is 0 Å². The molecule has 0 aromatic heterocycles. The van der Waals surface area contributed by atoms with Gasteiger partial charge >= 0.3 is 5.97 Å². The molecule has 8 heteroatoms. The highest BCUT2D eigenvalue weighted by atomic mass is 28.4. The zero-order valence-electron chi connectivity index (χ0n) is 31.5. The molecule has 2 aromatic carbocycles. The van der Waals surface area contributed by atoms with Crippen LogP contribution >= 0.6 is 0 Å². The van der Waals surface area contributed by atoms with E-state index in [-0.39, 0.29) is 52.8 Å². The lowest BCUT2D eigenvalue weighted by Crippen LogP contribution is -2.68. The van der Waals surface area contributed by atoms with Crippen LogP contribution in [-0.2, 0) is 23.1 Å². The fraction of sp³-hybridized carbons (Fsp3) is 0.625. The van der Waals surface area contributed by atoms with Crippen LogP contribution in [0.25, 0.3) is 0 Å². The molecule has 2 aromatic rings. The first kappa shape index (κ1) is 40.4. The summed E-state index contributed by atoms with van der Waals surface area (Å²) in [6.07, 6.45) is 5.34. The molecule has 0 saturated carbocycles. The minimum absolute atomic E-state index is 0.00218. The summed E-state index contributed by atoms with van der Waals surface area (Å²) in [6.45, 7) is 24.2. The van der Waals surface area contributed by atoms with E-state index in [1.165, 1.54) is 17.5 Å². The molecule has 0 unspecified atom stereocenters. The van der Waals surface area contributed by atoms with Crippen molar-refractivity contribution >= 4 is 33.0 Å². The normalized spacial score (nSPS) is 20.4. The number of aliphatic hydroxyl groups is 1. The SMILES string of the molecule is C=C[C@H](C)[C@H](O)C[C@H](C[C@@H](C[C@@H]1CCC[C@H](CC(=O)OC)O1)O[Si](c1ccccc1)(c1ccccc1)C(C)(C)C)O[Si](C)(C)C(C)(C)C. The number of carbonyl (C=O) groups is 1. The summed E-state index contributed by atoms with van der Waals surface area (Å²) < 4.78 is 26.6. The predicted molar refractivity (Wildman–Crippen MR) is 203 cm³/mol. The molecule has 1 heterocycles. The van der Waals surface area contributed by atoms with E-state index in [4.69, 9.17) is 18.3 Å². The van der Waals surface area contributed by atoms with E-state index in [1.54, 1.807) is 0 Å². The highest BCUT2D eigenvalue weighted by molar-refractivity contribution is 6.99. The van der Waals surface area contributed by atoms with Crippen molar-refractivity contribution in [3.05, 3.63) is 73.3 Å². The molecule has 1 fully saturated rings. The lowest BCUT2D eigenvalue weighted by atomic mass is 9.93. The van der Waals surface area contributed by atoms with Crippen molar-refractivity contribution in [2.75, 3.05) is 7.11 Å². The topological polar surface area (TPSA) is 74.2 Å². The number of ether oxygens (including phenoxy) is 2. The second-order valence-electron chi connectivity index (χ2n) is 16.4. The van der Waals surface area contributed by atoms with Crippen molar-refractivity contribution in [3.63, 3.8) is 0 Å². The Morgan fingerprint density at radius 2 is 1.44 bits per heavy atom. The third kappa shape index (κ3) is 10.5. The van der Waals surface area contributed by atoms with E-state index in [9.17, 15) is 9.90 Å². The Labute approximate surface area is 293 Å². The van der Waals surface area contributed by atoms with Gasteiger partial charge in [0, 0.05) is 6.10 Å². The lowest BCUT2D eigenvalue weighted by molar-refractivity contribution is -0.147. The maximum absolute atomic E-state index is 12.2. The van der Waals surface area contributed by atoms with Gasteiger partial charge in [-0.05, 0) is 78.0 Å². The monoisotopic (exact) mass is 696 g/mol. The molecule has 1 aliphatic rings. The van der Waals surface area contributed by atoms with Crippen molar-refractivity contribution < 1.29 is 28.2 Å². The van der Waals surface area contributed by atoms with Crippen LogP contribution in [0.15, 0.2) is 73.3 Å². The fourth-order valence-corrected chi connectivity index (χ4v) is 12.8. The summed E-state index contributed by atoms with van der Waals surface area (Å²) in [5.74, 6) is -0.304. The summed E-state index contributed by atoms with van der Waals surface area (Å²) in [4.78, 5) is 12.2. The second kappa shape index (κ2) is 17.2. The van der Waals surface area contributed by atoms with Crippen LogP contribution < -0.4 is 10.4 Å². The number of benzene rings is 2. The highest BCUT2D eigenvalue weighted by Crippen LogP contribution is 2.42. The molecule has 0 aliphatic carbocycles. The predicted octanol–water partition coefficient (Wildman–Crippen LogP) is 8.18. The molecule has 48 heavy (non-hydrogen) atoms. The van der Waals surface area contributed by atoms with Gasteiger partial charge in [-0.3, -0.25) is 4.79 Å². The van der Waals surface area contributed by atoms with Crippen LogP contribution in [-0.4, -0.2) is 65.3 Å². The van der Waals surface area contributed by atoms with E-state index in [0.29, 0.717) is 19.3 Å². The van der Waals surface area contributed by atoms with Crippen LogP contribution in [0.3, 0.4) is 0 Å². The second-order valence-corrected chi connectivity index (χ2v) is 25.4. The third-order valence-electron chi connectivity index (χ3n) is 10.6. The van der Waals surface area contributed by atoms with E-state index < -0.39 is 22.7 Å². The van der Waals surface area contributed by atoms with E-state index >= 15 is 0 Å². The van der Waals surface area contributed by atoms with Crippen LogP contribution in [0.1, 0.15) is 93.4 Å². The van der Waals surface area contributed by atoms with Crippen molar-refractivity contribution in [2.45, 2.75) is 147 Å². The first-order valence-electron chi connectivity index (χ1n) is 17.9. The Morgan fingerprint density at radius 1 is 0.896 bits per heavy atom. The largest absolute Gasteiger partial charge is 0.469 e. The average Bonchev–Trinajstić information content (AvgIpc) is 3.02. The van der Waals surface area contributed by atoms with Crippen molar-refractivity contribution in [2.24, 2.45) is 5.92 Å². The fourth-order valence-electron chi connectivity index (χ4n) is 6.72. The quantitative estimate of drug-likeness (QED) is 0.108. The number of hydrogen-bond acceptors (Lipinski definition) is 6. The maximum atomic E-state index is 12.2. The Balaban J connectivity index is 2.14. The molecule has 6 nitrogen and oxygen atoms in total. The molecule has 6 atom stereocenters. The molecule has 1 aliphatic heterocycles. The van der Waals surface area contributed by atoms with Gasteiger partial charge < -0.3 is 23.4 Å². The number of methoxy groups -OCH3 is 1. The van der Waals surface area contributed by atoms with E-state index in [1.807, 2.05) is 13.0 Å². The molecule has 0 amide bonds. The molecule has 1 saturated heterocycles. The highest BCUT2D eigenvalue weighted by Gasteiger charge is 2.52. The number of rotatable bonds is 16. The Hall–Kier alpha value is -2.08. The van der Waals surface area contributed by atoms with Gasteiger partial charge in [0.1, 0.15) is 0 Å².